The summed E-state index contributed by atoms with van der Waals surface area (Å²) in [5.41, 5.74) is 0.285. The Balaban J connectivity index is 1.84. The molecule has 3 rings (SSSR count). The number of carbonyl (C=O) groups is 1. The molecule has 1 saturated heterocycles. The van der Waals surface area contributed by atoms with Gasteiger partial charge in [0.15, 0.2) is 0 Å². The summed E-state index contributed by atoms with van der Waals surface area (Å²) in [5.74, 6) is -0.645. The van der Waals surface area contributed by atoms with Gasteiger partial charge in [-0.15, -0.1) is 0 Å². The van der Waals surface area contributed by atoms with Gasteiger partial charge < -0.3 is 14.5 Å². The van der Waals surface area contributed by atoms with Crippen LogP contribution in [-0.4, -0.2) is 18.6 Å². The summed E-state index contributed by atoms with van der Waals surface area (Å²) in [6.45, 7) is 0.714. The van der Waals surface area contributed by atoms with Crippen LogP contribution in [0.15, 0.2) is 33.5 Å². The van der Waals surface area contributed by atoms with E-state index in [0.29, 0.717) is 29.6 Å². The minimum atomic E-state index is -0.532. The Morgan fingerprint density at radius 1 is 1.38 bits per heavy atom. The summed E-state index contributed by atoms with van der Waals surface area (Å²) in [6.07, 6.45) is 1.12. The van der Waals surface area contributed by atoms with Crippen molar-refractivity contribution in [2.45, 2.75) is 25.5 Å². The first-order chi connectivity index (χ1) is 10.1. The van der Waals surface area contributed by atoms with E-state index >= 15 is 0 Å². The van der Waals surface area contributed by atoms with E-state index in [-0.39, 0.29) is 12.5 Å². The molecule has 0 radical (unpaired) electrons. The van der Waals surface area contributed by atoms with E-state index in [1.165, 1.54) is 24.3 Å². The molecule has 1 atom stereocenters. The molecule has 1 aromatic heterocycles. The van der Waals surface area contributed by atoms with Gasteiger partial charge >= 0.3 is 5.63 Å². The van der Waals surface area contributed by atoms with Gasteiger partial charge in [0.25, 0.3) is 0 Å². The van der Waals surface area contributed by atoms with Crippen molar-refractivity contribution in [3.05, 3.63) is 46.1 Å². The predicted molar refractivity (Wildman–Crippen MR) is 73.3 cm³/mol. The minimum Gasteiger partial charge on any atom is -0.423 e. The van der Waals surface area contributed by atoms with Crippen LogP contribution in [0.4, 0.5) is 4.39 Å². The van der Waals surface area contributed by atoms with E-state index in [1.807, 2.05) is 0 Å². The van der Waals surface area contributed by atoms with Crippen LogP contribution >= 0.6 is 0 Å². The van der Waals surface area contributed by atoms with Gasteiger partial charge in [-0.05, 0) is 36.6 Å². The zero-order valence-electron chi connectivity index (χ0n) is 11.2. The average molecular weight is 291 g/mol. The van der Waals surface area contributed by atoms with Gasteiger partial charge in [-0.1, -0.05) is 0 Å². The highest BCUT2D eigenvalue weighted by molar-refractivity contribution is 5.83. The lowest BCUT2D eigenvalue weighted by Crippen LogP contribution is -2.33. The molecule has 21 heavy (non-hydrogen) atoms. The molecule has 0 spiro atoms. The fourth-order valence-corrected chi connectivity index (χ4v) is 2.43. The number of nitrogens with one attached hydrogen (secondary N) is 1. The van der Waals surface area contributed by atoms with Crippen LogP contribution in [0, 0.1) is 5.82 Å². The summed E-state index contributed by atoms with van der Waals surface area (Å²) in [4.78, 5) is 23.4. The van der Waals surface area contributed by atoms with E-state index in [1.54, 1.807) is 0 Å². The molecule has 1 unspecified atom stereocenters. The third-order valence-corrected chi connectivity index (χ3v) is 3.47. The Morgan fingerprint density at radius 2 is 2.24 bits per heavy atom. The first-order valence-corrected chi connectivity index (χ1v) is 6.75. The van der Waals surface area contributed by atoms with Crippen LogP contribution < -0.4 is 10.9 Å². The van der Waals surface area contributed by atoms with Crippen molar-refractivity contribution in [2.75, 3.05) is 6.61 Å². The van der Waals surface area contributed by atoms with E-state index in [9.17, 15) is 14.0 Å². The van der Waals surface area contributed by atoms with Crippen molar-refractivity contribution in [1.82, 2.24) is 5.32 Å². The maximum Gasteiger partial charge on any atom is 0.336 e. The number of halogens is 1. The van der Waals surface area contributed by atoms with Crippen molar-refractivity contribution in [3.8, 4) is 0 Å². The van der Waals surface area contributed by atoms with Gasteiger partial charge in [0.2, 0.25) is 5.91 Å². The van der Waals surface area contributed by atoms with E-state index < -0.39 is 17.5 Å². The van der Waals surface area contributed by atoms with Gasteiger partial charge in [0.05, 0.1) is 0 Å². The number of hydrogen-bond acceptors (Lipinski definition) is 4. The highest BCUT2D eigenvalue weighted by atomic mass is 19.1. The molecule has 5 nitrogen and oxygen atoms in total. The standard InChI is InChI=1S/C15H14FNO4/c16-10-3-4-12-11(7-10)9(6-14(18)21-12)8-17-15(19)13-2-1-5-20-13/h3-4,6-7,13H,1-2,5,8H2,(H,17,19). The summed E-state index contributed by atoms with van der Waals surface area (Å²) in [5, 5.41) is 3.19. The molecule has 2 heterocycles. The van der Waals surface area contributed by atoms with Crippen LogP contribution in [0.25, 0.3) is 11.0 Å². The molecule has 1 N–H and O–H groups in total. The van der Waals surface area contributed by atoms with Gasteiger partial charge in [-0.25, -0.2) is 9.18 Å². The molecule has 0 aliphatic carbocycles. The molecule has 1 fully saturated rings. The molecule has 2 aromatic rings. The SMILES string of the molecule is O=C(NCc1cc(=O)oc2ccc(F)cc12)C1CCCO1. The van der Waals surface area contributed by atoms with Crippen molar-refractivity contribution in [1.29, 1.82) is 0 Å². The highest BCUT2D eigenvalue weighted by Crippen LogP contribution is 2.18. The lowest BCUT2D eigenvalue weighted by atomic mass is 10.1. The molecular weight excluding hydrogens is 277 g/mol. The molecule has 0 bridgehead atoms. The third kappa shape index (κ3) is 2.95. The number of rotatable bonds is 3. The summed E-state index contributed by atoms with van der Waals surface area (Å²) in [7, 11) is 0. The monoisotopic (exact) mass is 291 g/mol. The predicted octanol–water partition coefficient (Wildman–Crippen LogP) is 1.73. The molecule has 0 saturated carbocycles. The van der Waals surface area contributed by atoms with Gasteiger partial charge in [-0.2, -0.15) is 0 Å². The Kier molecular flexibility index (Phi) is 3.70. The topological polar surface area (TPSA) is 68.5 Å². The lowest BCUT2D eigenvalue weighted by Gasteiger charge is -2.11. The first-order valence-electron chi connectivity index (χ1n) is 6.75. The quantitative estimate of drug-likeness (QED) is 0.874. The van der Waals surface area contributed by atoms with Crippen LogP contribution in [-0.2, 0) is 16.1 Å². The number of ether oxygens (including phenoxy) is 1. The molecule has 1 amide bonds. The maximum atomic E-state index is 13.3. The summed E-state index contributed by atoms with van der Waals surface area (Å²) < 4.78 is 23.6. The van der Waals surface area contributed by atoms with Gasteiger partial charge in [0, 0.05) is 24.6 Å². The molecular formula is C15H14FNO4. The van der Waals surface area contributed by atoms with Crippen molar-refractivity contribution >= 4 is 16.9 Å². The smallest absolute Gasteiger partial charge is 0.336 e. The van der Waals surface area contributed by atoms with E-state index in [0.717, 1.165) is 6.42 Å². The lowest BCUT2D eigenvalue weighted by molar-refractivity contribution is -0.130. The first kappa shape index (κ1) is 13.8. The molecule has 110 valence electrons. The van der Waals surface area contributed by atoms with E-state index in [4.69, 9.17) is 9.15 Å². The largest absolute Gasteiger partial charge is 0.423 e. The number of hydrogen-bond donors (Lipinski definition) is 1. The Labute approximate surface area is 119 Å². The molecule has 1 aromatic carbocycles. The zero-order valence-corrected chi connectivity index (χ0v) is 11.2. The molecule has 6 heteroatoms. The Morgan fingerprint density at radius 3 is 3.00 bits per heavy atom. The second kappa shape index (κ2) is 5.65. The molecule has 1 aliphatic rings. The minimum absolute atomic E-state index is 0.129. The van der Waals surface area contributed by atoms with Crippen molar-refractivity contribution < 1.29 is 18.3 Å². The van der Waals surface area contributed by atoms with Crippen molar-refractivity contribution in [3.63, 3.8) is 0 Å². The zero-order chi connectivity index (χ0) is 14.8. The number of carbonyl (C=O) groups excluding carboxylic acids is 1. The van der Waals surface area contributed by atoms with Crippen LogP contribution in [0.1, 0.15) is 18.4 Å². The van der Waals surface area contributed by atoms with E-state index in [2.05, 4.69) is 5.32 Å². The highest BCUT2D eigenvalue weighted by Gasteiger charge is 2.23. The van der Waals surface area contributed by atoms with Crippen LogP contribution in [0.3, 0.4) is 0 Å². The van der Waals surface area contributed by atoms with Crippen molar-refractivity contribution in [2.24, 2.45) is 0 Å². The third-order valence-electron chi connectivity index (χ3n) is 3.47. The number of benzene rings is 1. The van der Waals surface area contributed by atoms with Crippen LogP contribution in [0.5, 0.6) is 0 Å². The maximum absolute atomic E-state index is 13.3. The summed E-state index contributed by atoms with van der Waals surface area (Å²) >= 11 is 0. The number of fused-ring (bicyclic) bond motifs is 1. The average Bonchev–Trinajstić information content (AvgIpc) is 2.99. The Bertz CT molecular complexity index is 734. The number of amides is 1. The molecule has 1 aliphatic heterocycles. The van der Waals surface area contributed by atoms with Gasteiger partial charge in [-0.3, -0.25) is 4.79 Å². The summed E-state index contributed by atoms with van der Waals surface area (Å²) in [6, 6.07) is 5.17. The second-order valence-electron chi connectivity index (χ2n) is 4.95. The fraction of sp³-hybridized carbons (Fsp3) is 0.333. The van der Waals surface area contributed by atoms with Gasteiger partial charge in [0.1, 0.15) is 17.5 Å². The fourth-order valence-electron chi connectivity index (χ4n) is 2.43. The second-order valence-corrected chi connectivity index (χ2v) is 4.95. The normalized spacial score (nSPS) is 18.0. The Hall–Kier alpha value is -2.21. The van der Waals surface area contributed by atoms with Crippen LogP contribution in [0.2, 0.25) is 0 Å².